The van der Waals surface area contributed by atoms with E-state index in [9.17, 15) is 9.90 Å². The summed E-state index contributed by atoms with van der Waals surface area (Å²) in [6.07, 6.45) is 7.41. The summed E-state index contributed by atoms with van der Waals surface area (Å²) in [5.74, 6) is 0.482. The predicted octanol–water partition coefficient (Wildman–Crippen LogP) is 1.54. The van der Waals surface area contributed by atoms with Crippen LogP contribution in [0.4, 0.5) is 11.6 Å². The van der Waals surface area contributed by atoms with Crippen LogP contribution in [-0.2, 0) is 4.79 Å². The number of rotatable bonds is 4. The number of anilines is 2. The van der Waals surface area contributed by atoms with Crippen LogP contribution >= 0.6 is 0 Å². The summed E-state index contributed by atoms with van der Waals surface area (Å²) in [7, 11) is 0. The van der Waals surface area contributed by atoms with Gasteiger partial charge in [0.05, 0.1) is 0 Å². The number of amides is 1. The van der Waals surface area contributed by atoms with Crippen molar-refractivity contribution in [1.82, 2.24) is 4.98 Å². The molecule has 0 fully saturated rings. The van der Waals surface area contributed by atoms with Crippen LogP contribution < -0.4 is 15.7 Å². The molecule has 1 heterocycles. The minimum absolute atomic E-state index is 0.119. The Morgan fingerprint density at radius 1 is 1.21 bits per heavy atom. The molecule has 0 spiro atoms. The first kappa shape index (κ1) is 12.9. The summed E-state index contributed by atoms with van der Waals surface area (Å²) in [6, 6.07) is 5.06. The molecule has 0 saturated heterocycles. The van der Waals surface area contributed by atoms with Crippen LogP contribution in [0.1, 0.15) is 13.3 Å². The second-order valence-electron chi connectivity index (χ2n) is 3.94. The average molecular weight is 256 g/mol. The first-order chi connectivity index (χ1) is 9.19. The number of pyridine rings is 1. The summed E-state index contributed by atoms with van der Waals surface area (Å²) in [5, 5.41) is 17.1. The van der Waals surface area contributed by atoms with Crippen molar-refractivity contribution in [2.45, 2.75) is 13.3 Å². The van der Waals surface area contributed by atoms with E-state index in [0.717, 1.165) is 0 Å². The van der Waals surface area contributed by atoms with Crippen molar-refractivity contribution in [1.29, 1.82) is 0 Å². The van der Waals surface area contributed by atoms with Crippen LogP contribution in [0.3, 0.4) is 0 Å². The number of hydrogen-bond donors (Lipinski definition) is 2. The van der Waals surface area contributed by atoms with Gasteiger partial charge in [-0.15, -0.1) is 0 Å². The third-order valence-corrected chi connectivity index (χ3v) is 2.50. The third-order valence-electron chi connectivity index (χ3n) is 2.50. The summed E-state index contributed by atoms with van der Waals surface area (Å²) < 4.78 is 0. The Labute approximate surface area is 111 Å². The fraction of sp³-hybridized carbons (Fsp3) is 0.143. The quantitative estimate of drug-likeness (QED) is 0.801. The van der Waals surface area contributed by atoms with Crippen LogP contribution in [0, 0.1) is 0 Å². The minimum atomic E-state index is -0.225. The van der Waals surface area contributed by atoms with Crippen LogP contribution in [0.2, 0.25) is 0 Å². The number of nitrogens with zero attached hydrogens (tertiary/aromatic N) is 1. The van der Waals surface area contributed by atoms with Gasteiger partial charge in [-0.2, -0.15) is 0 Å². The van der Waals surface area contributed by atoms with E-state index in [4.69, 9.17) is 0 Å². The molecule has 5 nitrogen and oxygen atoms in total. The van der Waals surface area contributed by atoms with Gasteiger partial charge in [0.1, 0.15) is 11.6 Å². The zero-order valence-corrected chi connectivity index (χ0v) is 10.5. The molecule has 0 aliphatic heterocycles. The Balaban J connectivity index is 2.11. The molecule has 0 saturated carbocycles. The molecule has 0 bridgehead atoms. The van der Waals surface area contributed by atoms with E-state index in [0.29, 0.717) is 23.6 Å². The molecule has 1 amide bonds. The number of carbonyl (C=O) groups excluding carboxylic acids is 1. The van der Waals surface area contributed by atoms with Crippen molar-refractivity contribution >= 4 is 17.5 Å². The van der Waals surface area contributed by atoms with E-state index in [-0.39, 0.29) is 11.8 Å². The zero-order chi connectivity index (χ0) is 13.7. The lowest BCUT2D eigenvalue weighted by Gasteiger charge is -2.17. The molecule has 1 aliphatic rings. The van der Waals surface area contributed by atoms with E-state index in [1.165, 1.54) is 0 Å². The van der Waals surface area contributed by atoms with Gasteiger partial charge in [0.2, 0.25) is 5.91 Å². The third kappa shape index (κ3) is 3.45. The van der Waals surface area contributed by atoms with Crippen LogP contribution in [0.15, 0.2) is 54.0 Å². The lowest BCUT2D eigenvalue weighted by atomic mass is 10.3. The summed E-state index contributed by atoms with van der Waals surface area (Å²) >= 11 is 0. The Bertz CT molecular complexity index is 560. The standard InChI is InChI=1S/C14H15N3O2/c1-2-13(18)16-11-8-5-9-12(15-11)17-14(19)10-6-3-4-7-10/h3-9,19H,2H2,1H3,(H2,15,16,17,18)/p-1. The first-order valence-electron chi connectivity index (χ1n) is 5.99. The molecular weight excluding hydrogens is 242 g/mol. The molecule has 0 aromatic carbocycles. The zero-order valence-electron chi connectivity index (χ0n) is 10.5. The highest BCUT2D eigenvalue weighted by molar-refractivity contribution is 5.89. The van der Waals surface area contributed by atoms with Crippen molar-refractivity contribution in [3.8, 4) is 0 Å². The van der Waals surface area contributed by atoms with Crippen molar-refractivity contribution in [2.75, 3.05) is 10.6 Å². The van der Waals surface area contributed by atoms with Gasteiger partial charge >= 0.3 is 0 Å². The number of aromatic nitrogens is 1. The Kier molecular flexibility index (Phi) is 3.97. The van der Waals surface area contributed by atoms with Gasteiger partial charge in [0.15, 0.2) is 0 Å². The number of nitrogens with one attached hydrogen (secondary N) is 2. The molecule has 0 unspecified atom stereocenters. The Hall–Kier alpha value is -2.56. The highest BCUT2D eigenvalue weighted by Gasteiger charge is 2.02. The van der Waals surface area contributed by atoms with Gasteiger partial charge < -0.3 is 15.7 Å². The summed E-state index contributed by atoms with van der Waals surface area (Å²) in [4.78, 5) is 15.4. The van der Waals surface area contributed by atoms with Crippen molar-refractivity contribution in [3.63, 3.8) is 0 Å². The maximum absolute atomic E-state index is 11.8. The maximum atomic E-state index is 11.8. The number of allylic oxidation sites excluding steroid dienone is 5. The van der Waals surface area contributed by atoms with Crippen LogP contribution in [-0.4, -0.2) is 10.9 Å². The molecule has 0 atom stereocenters. The van der Waals surface area contributed by atoms with Crippen molar-refractivity contribution in [3.05, 3.63) is 54.0 Å². The molecule has 19 heavy (non-hydrogen) atoms. The molecule has 2 rings (SSSR count). The molecule has 2 N–H and O–H groups in total. The fourth-order valence-corrected chi connectivity index (χ4v) is 1.52. The number of hydrogen-bond acceptors (Lipinski definition) is 4. The second-order valence-corrected chi connectivity index (χ2v) is 3.94. The van der Waals surface area contributed by atoms with Gasteiger partial charge in [-0.1, -0.05) is 37.3 Å². The highest BCUT2D eigenvalue weighted by Crippen LogP contribution is 2.14. The minimum Gasteiger partial charge on any atom is -0.860 e. The lowest BCUT2D eigenvalue weighted by molar-refractivity contribution is -0.300. The SMILES string of the molecule is CCC(=O)Nc1cccc(NC([O-])=C2C=CC=C2)n1. The van der Waals surface area contributed by atoms with Gasteiger partial charge in [-0.05, 0) is 23.6 Å². The van der Waals surface area contributed by atoms with E-state index < -0.39 is 0 Å². The van der Waals surface area contributed by atoms with E-state index >= 15 is 0 Å². The maximum Gasteiger partial charge on any atom is 0.225 e. The molecule has 5 heteroatoms. The summed E-state index contributed by atoms with van der Waals surface area (Å²) in [5.41, 5.74) is 0.574. The lowest BCUT2D eigenvalue weighted by Crippen LogP contribution is -2.17. The highest BCUT2D eigenvalue weighted by atomic mass is 16.3. The van der Waals surface area contributed by atoms with Gasteiger partial charge in [0, 0.05) is 6.42 Å². The van der Waals surface area contributed by atoms with Crippen LogP contribution in [0.25, 0.3) is 0 Å². The topological polar surface area (TPSA) is 77.1 Å². The van der Waals surface area contributed by atoms with Crippen LogP contribution in [0.5, 0.6) is 0 Å². The molecule has 1 aliphatic carbocycles. The van der Waals surface area contributed by atoms with Gasteiger partial charge in [0.25, 0.3) is 0 Å². The normalized spacial score (nSPS) is 12.6. The van der Waals surface area contributed by atoms with Gasteiger partial charge in [-0.25, -0.2) is 4.98 Å². The Morgan fingerprint density at radius 3 is 2.47 bits per heavy atom. The molecule has 1 aromatic rings. The van der Waals surface area contributed by atoms with E-state index in [2.05, 4.69) is 15.6 Å². The smallest absolute Gasteiger partial charge is 0.225 e. The average Bonchev–Trinajstić information content (AvgIpc) is 2.93. The molecular formula is C14H14N3O2-. The second kappa shape index (κ2) is 5.86. The summed E-state index contributed by atoms with van der Waals surface area (Å²) in [6.45, 7) is 1.76. The fourth-order valence-electron chi connectivity index (χ4n) is 1.52. The Morgan fingerprint density at radius 2 is 1.84 bits per heavy atom. The largest absolute Gasteiger partial charge is 0.860 e. The monoisotopic (exact) mass is 256 g/mol. The predicted molar refractivity (Wildman–Crippen MR) is 72.1 cm³/mol. The van der Waals surface area contributed by atoms with Gasteiger partial charge in [-0.3, -0.25) is 4.79 Å². The molecule has 98 valence electrons. The van der Waals surface area contributed by atoms with E-state index in [1.54, 1.807) is 49.4 Å². The van der Waals surface area contributed by atoms with E-state index in [1.807, 2.05) is 0 Å². The molecule has 1 aromatic heterocycles. The van der Waals surface area contributed by atoms with Crippen molar-refractivity contribution < 1.29 is 9.90 Å². The first-order valence-corrected chi connectivity index (χ1v) is 5.99. The molecule has 0 radical (unpaired) electrons. The van der Waals surface area contributed by atoms with Crippen molar-refractivity contribution in [2.24, 2.45) is 0 Å². The number of carbonyl (C=O) groups is 1.